The van der Waals surface area contributed by atoms with E-state index in [1.54, 1.807) is 6.07 Å². The Morgan fingerprint density at radius 1 is 0.688 bits per heavy atom. The van der Waals surface area contributed by atoms with Crippen molar-refractivity contribution < 1.29 is 24.5 Å². The number of benzene rings is 4. The Morgan fingerprint density at radius 3 is 2.28 bits per heavy atom. The largest absolute Gasteiger partial charge is 0.304 e. The van der Waals surface area contributed by atoms with Gasteiger partial charge in [-0.05, 0) is 70.8 Å². The zero-order valence-electron chi connectivity index (χ0n) is 17.3. The molecular weight excluding hydrogens is 574 g/mol. The van der Waals surface area contributed by atoms with E-state index in [0.717, 1.165) is 53.1 Å². The molecule has 0 bridgehead atoms. The zero-order chi connectivity index (χ0) is 20.5. The fraction of sp³-hybridized carbons (Fsp3) is 0.138. The van der Waals surface area contributed by atoms with Crippen LogP contribution >= 0.6 is 0 Å². The molecule has 5 aromatic rings. The number of nitrogens with zero attached hydrogens (tertiary/aromatic N) is 1. The van der Waals surface area contributed by atoms with E-state index < -0.39 is 0 Å². The number of hydrogen-bond donors (Lipinski definition) is 0. The SMILES string of the molecule is Fc1cccc2c1ccc1c(-c3[c-]c4c5c(c3)CCc3cccc(c3-5)CC4)nccc12.[Ir]. The summed E-state index contributed by atoms with van der Waals surface area (Å²) in [5.41, 5.74) is 10.5. The van der Waals surface area contributed by atoms with Crippen LogP contribution in [0, 0.1) is 11.9 Å². The van der Waals surface area contributed by atoms with E-state index in [2.05, 4.69) is 30.3 Å². The molecule has 1 heterocycles. The molecule has 2 aliphatic carbocycles. The van der Waals surface area contributed by atoms with Crippen LogP contribution in [-0.4, -0.2) is 4.98 Å². The van der Waals surface area contributed by atoms with Gasteiger partial charge in [-0.1, -0.05) is 53.6 Å². The summed E-state index contributed by atoms with van der Waals surface area (Å²) < 4.78 is 14.3. The maximum atomic E-state index is 14.3. The van der Waals surface area contributed by atoms with Gasteiger partial charge in [0.1, 0.15) is 5.82 Å². The van der Waals surface area contributed by atoms with Crippen molar-refractivity contribution in [3.05, 3.63) is 101 Å². The van der Waals surface area contributed by atoms with E-state index in [9.17, 15) is 4.39 Å². The molecule has 0 N–H and O–H groups in total. The van der Waals surface area contributed by atoms with E-state index >= 15 is 0 Å². The van der Waals surface area contributed by atoms with E-state index in [1.165, 1.54) is 39.4 Å². The number of rotatable bonds is 1. The minimum atomic E-state index is -0.183. The molecule has 0 spiro atoms. The smallest absolute Gasteiger partial charge is 0.131 e. The third-order valence-electron chi connectivity index (χ3n) is 7.03. The van der Waals surface area contributed by atoms with Crippen LogP contribution in [-0.2, 0) is 45.8 Å². The maximum Gasteiger partial charge on any atom is 0.131 e. The number of halogens is 1. The molecule has 157 valence electrons. The summed E-state index contributed by atoms with van der Waals surface area (Å²) in [6.07, 6.45) is 6.08. The Morgan fingerprint density at radius 2 is 1.41 bits per heavy atom. The van der Waals surface area contributed by atoms with E-state index in [0.29, 0.717) is 5.39 Å². The van der Waals surface area contributed by atoms with Gasteiger partial charge in [0.05, 0.1) is 0 Å². The van der Waals surface area contributed by atoms with Crippen molar-refractivity contribution >= 4 is 21.5 Å². The minimum absolute atomic E-state index is 0. The predicted octanol–water partition coefficient (Wildman–Crippen LogP) is 6.86. The summed E-state index contributed by atoms with van der Waals surface area (Å²) in [4.78, 5) is 4.77. The van der Waals surface area contributed by atoms with Crippen molar-refractivity contribution in [3.63, 3.8) is 0 Å². The van der Waals surface area contributed by atoms with Gasteiger partial charge < -0.3 is 4.98 Å². The molecule has 0 amide bonds. The maximum absolute atomic E-state index is 14.3. The third-order valence-corrected chi connectivity index (χ3v) is 7.03. The van der Waals surface area contributed by atoms with Gasteiger partial charge >= 0.3 is 0 Å². The van der Waals surface area contributed by atoms with Crippen molar-refractivity contribution in [2.45, 2.75) is 25.7 Å². The fourth-order valence-corrected chi connectivity index (χ4v) is 5.64. The summed E-state index contributed by atoms with van der Waals surface area (Å²) in [7, 11) is 0. The van der Waals surface area contributed by atoms with Crippen molar-refractivity contribution in [1.82, 2.24) is 4.98 Å². The Kier molecular flexibility index (Phi) is 4.54. The standard InChI is InChI=1S/C29H19FN.Ir/c30-26-6-2-5-22-23-13-14-31-29(25(23)12-11-24(22)26)21-15-19-9-7-17-3-1-4-18-8-10-20(16-21)28(19)27(17)18;/h1-6,11-15H,7-10H2;/q-1;. The molecule has 1 nitrogen and oxygen atoms in total. The van der Waals surface area contributed by atoms with Gasteiger partial charge in [0.15, 0.2) is 0 Å². The third kappa shape index (κ3) is 2.75. The first-order chi connectivity index (χ1) is 15.3. The number of pyridine rings is 1. The van der Waals surface area contributed by atoms with Crippen LogP contribution in [0.3, 0.4) is 0 Å². The molecule has 0 atom stereocenters. The second kappa shape index (κ2) is 7.33. The van der Waals surface area contributed by atoms with Crippen molar-refractivity contribution in [2.75, 3.05) is 0 Å². The second-order valence-corrected chi connectivity index (χ2v) is 8.67. The summed E-state index contributed by atoms with van der Waals surface area (Å²) in [5, 5.41) is 3.67. The van der Waals surface area contributed by atoms with Gasteiger partial charge in [-0.3, -0.25) is 0 Å². The zero-order valence-corrected chi connectivity index (χ0v) is 19.7. The van der Waals surface area contributed by atoms with Gasteiger partial charge in [0, 0.05) is 31.7 Å². The molecule has 0 aliphatic heterocycles. The normalized spacial score (nSPS) is 13.7. The van der Waals surface area contributed by atoms with Gasteiger partial charge in [-0.15, -0.1) is 28.8 Å². The summed E-state index contributed by atoms with van der Waals surface area (Å²) in [5.74, 6) is -0.183. The topological polar surface area (TPSA) is 12.9 Å². The van der Waals surface area contributed by atoms with E-state index in [-0.39, 0.29) is 25.9 Å². The van der Waals surface area contributed by atoms with Gasteiger partial charge in [0.25, 0.3) is 0 Å². The molecule has 2 aliphatic rings. The van der Waals surface area contributed by atoms with Crippen LogP contribution in [0.1, 0.15) is 22.3 Å². The van der Waals surface area contributed by atoms with Gasteiger partial charge in [-0.25, -0.2) is 4.39 Å². The Balaban J connectivity index is 0.00000196. The molecule has 32 heavy (non-hydrogen) atoms. The summed E-state index contributed by atoms with van der Waals surface area (Å²) >= 11 is 0. The monoisotopic (exact) mass is 593 g/mol. The molecule has 1 radical (unpaired) electrons. The van der Waals surface area contributed by atoms with Crippen molar-refractivity contribution in [1.29, 1.82) is 0 Å². The van der Waals surface area contributed by atoms with E-state index in [4.69, 9.17) is 4.98 Å². The van der Waals surface area contributed by atoms with Crippen molar-refractivity contribution in [2.24, 2.45) is 0 Å². The second-order valence-electron chi connectivity index (χ2n) is 8.67. The van der Waals surface area contributed by atoms with Crippen LogP contribution in [0.15, 0.2) is 66.9 Å². The van der Waals surface area contributed by atoms with Crippen LogP contribution in [0.5, 0.6) is 0 Å². The Labute approximate surface area is 199 Å². The molecule has 0 unspecified atom stereocenters. The minimum Gasteiger partial charge on any atom is -0.304 e. The molecular formula is C29H19FIrN-. The number of hydrogen-bond acceptors (Lipinski definition) is 1. The van der Waals surface area contributed by atoms with Crippen LogP contribution in [0.25, 0.3) is 43.9 Å². The Hall–Kier alpha value is -2.87. The van der Waals surface area contributed by atoms with Gasteiger partial charge in [0.2, 0.25) is 0 Å². The van der Waals surface area contributed by atoms with E-state index in [1.807, 2.05) is 30.5 Å². The van der Waals surface area contributed by atoms with Crippen molar-refractivity contribution in [3.8, 4) is 22.4 Å². The molecule has 7 rings (SSSR count). The molecule has 4 aromatic carbocycles. The quantitative estimate of drug-likeness (QED) is 0.153. The summed E-state index contributed by atoms with van der Waals surface area (Å²) in [6, 6.07) is 24.0. The number of aryl methyl sites for hydroxylation is 4. The average molecular weight is 593 g/mol. The molecule has 1 aromatic heterocycles. The molecule has 3 heteroatoms. The Bertz CT molecular complexity index is 1510. The summed E-state index contributed by atoms with van der Waals surface area (Å²) in [6.45, 7) is 0. The first kappa shape index (κ1) is 19.8. The first-order valence-electron chi connectivity index (χ1n) is 10.9. The van der Waals surface area contributed by atoms with Crippen LogP contribution in [0.4, 0.5) is 4.39 Å². The average Bonchev–Trinajstić information content (AvgIpc) is 2.82. The molecule has 0 saturated heterocycles. The number of fused-ring (bicyclic) bond motifs is 3. The first-order valence-corrected chi connectivity index (χ1v) is 10.9. The van der Waals surface area contributed by atoms with Crippen LogP contribution in [0.2, 0.25) is 0 Å². The fourth-order valence-electron chi connectivity index (χ4n) is 5.64. The molecule has 0 saturated carbocycles. The predicted molar refractivity (Wildman–Crippen MR) is 124 cm³/mol. The van der Waals surface area contributed by atoms with Crippen LogP contribution < -0.4 is 0 Å². The van der Waals surface area contributed by atoms with Gasteiger partial charge in [-0.2, -0.15) is 0 Å². The number of aromatic nitrogens is 1. The molecule has 0 fully saturated rings.